The van der Waals surface area contributed by atoms with E-state index in [-0.39, 0.29) is 11.5 Å². The van der Waals surface area contributed by atoms with Gasteiger partial charge in [-0.1, -0.05) is 11.6 Å². The van der Waals surface area contributed by atoms with Gasteiger partial charge in [-0.15, -0.1) is 0 Å². The number of carbonyl (C=O) groups excluding carboxylic acids is 1. The Hall–Kier alpha value is -0.800. The molecular formula is C16H9ClI2O3. The number of furan rings is 1. The van der Waals surface area contributed by atoms with Crippen LogP contribution in [0.15, 0.2) is 34.7 Å². The molecule has 3 rings (SSSR count). The Morgan fingerprint density at radius 3 is 2.45 bits per heavy atom. The zero-order valence-electron chi connectivity index (χ0n) is 11.3. The third-order valence-corrected chi connectivity index (χ3v) is 5.21. The summed E-state index contributed by atoms with van der Waals surface area (Å²) in [6, 6.07) is 8.58. The van der Waals surface area contributed by atoms with Gasteiger partial charge in [0.2, 0.25) is 0 Å². The van der Waals surface area contributed by atoms with Crippen molar-refractivity contribution in [3.05, 3.63) is 59.4 Å². The van der Waals surface area contributed by atoms with Crippen LogP contribution in [0.25, 0.3) is 11.0 Å². The monoisotopic (exact) mass is 538 g/mol. The van der Waals surface area contributed by atoms with Crippen molar-refractivity contribution in [2.45, 2.75) is 6.92 Å². The van der Waals surface area contributed by atoms with Crippen molar-refractivity contribution in [3.8, 4) is 5.75 Å². The van der Waals surface area contributed by atoms with Crippen molar-refractivity contribution in [1.82, 2.24) is 0 Å². The van der Waals surface area contributed by atoms with Crippen molar-refractivity contribution in [2.75, 3.05) is 0 Å². The lowest BCUT2D eigenvalue weighted by atomic mass is 10.0. The van der Waals surface area contributed by atoms with Crippen molar-refractivity contribution in [2.24, 2.45) is 0 Å². The molecule has 0 unspecified atom stereocenters. The quantitative estimate of drug-likeness (QED) is 0.345. The van der Waals surface area contributed by atoms with E-state index < -0.39 is 0 Å². The molecule has 22 heavy (non-hydrogen) atoms. The second kappa shape index (κ2) is 6.01. The predicted molar refractivity (Wildman–Crippen MR) is 103 cm³/mol. The lowest BCUT2D eigenvalue weighted by Gasteiger charge is -2.05. The molecule has 0 fully saturated rings. The Bertz CT molecular complexity index is 892. The van der Waals surface area contributed by atoms with Crippen molar-refractivity contribution >= 4 is 73.5 Å². The van der Waals surface area contributed by atoms with E-state index in [1.165, 1.54) is 0 Å². The lowest BCUT2D eigenvalue weighted by Crippen LogP contribution is -2.03. The first-order valence-electron chi connectivity index (χ1n) is 6.30. The van der Waals surface area contributed by atoms with Crippen LogP contribution in [0.1, 0.15) is 21.7 Å². The minimum Gasteiger partial charge on any atom is -0.506 e. The predicted octanol–water partition coefficient (Wildman–Crippen LogP) is 5.54. The minimum atomic E-state index is -0.130. The Labute approximate surface area is 158 Å². The van der Waals surface area contributed by atoms with Crippen molar-refractivity contribution < 1.29 is 14.3 Å². The molecule has 0 saturated heterocycles. The van der Waals surface area contributed by atoms with Crippen LogP contribution in [-0.4, -0.2) is 10.9 Å². The van der Waals surface area contributed by atoms with Crippen LogP contribution in [0.3, 0.4) is 0 Å². The van der Waals surface area contributed by atoms with Crippen LogP contribution in [0, 0.1) is 14.1 Å². The fourth-order valence-electron chi connectivity index (χ4n) is 2.32. The SMILES string of the molecule is Cc1oc2cc(Cl)ccc2c1C(=O)c1cc(I)c(O)c(I)c1. The number of phenols is 1. The highest BCUT2D eigenvalue weighted by Crippen LogP contribution is 2.32. The number of rotatable bonds is 2. The standard InChI is InChI=1S/C16H9ClI2O3/c1-7-14(10-3-2-9(17)6-13(10)22-7)15(20)8-4-11(18)16(21)12(19)5-8/h2-6,21H,1H3. The van der Waals surface area contributed by atoms with Crippen LogP contribution in [-0.2, 0) is 0 Å². The molecule has 0 bridgehead atoms. The normalized spacial score (nSPS) is 11.1. The number of halogens is 3. The molecule has 0 aliphatic heterocycles. The van der Waals surface area contributed by atoms with E-state index in [1.807, 2.05) is 45.2 Å². The van der Waals surface area contributed by atoms with Crippen molar-refractivity contribution in [3.63, 3.8) is 0 Å². The molecule has 1 heterocycles. The Kier molecular flexibility index (Phi) is 4.39. The fourth-order valence-corrected chi connectivity index (χ4v) is 4.25. The summed E-state index contributed by atoms with van der Waals surface area (Å²) in [6.07, 6.45) is 0. The third-order valence-electron chi connectivity index (χ3n) is 3.33. The second-order valence-corrected chi connectivity index (χ2v) is 7.55. The molecule has 3 nitrogen and oxygen atoms in total. The van der Waals surface area contributed by atoms with Gasteiger partial charge in [-0.3, -0.25) is 4.79 Å². The summed E-state index contributed by atoms with van der Waals surface area (Å²) in [5.74, 6) is 0.619. The van der Waals surface area contributed by atoms with E-state index >= 15 is 0 Å². The van der Waals surface area contributed by atoms with Gasteiger partial charge in [0, 0.05) is 22.0 Å². The number of phenolic OH excluding ortho intramolecular Hbond substituents is 1. The lowest BCUT2D eigenvalue weighted by molar-refractivity contribution is 0.103. The van der Waals surface area contributed by atoms with E-state index in [4.69, 9.17) is 16.0 Å². The summed E-state index contributed by atoms with van der Waals surface area (Å²) in [5.41, 5.74) is 1.65. The molecular weight excluding hydrogens is 529 g/mol. The number of hydrogen-bond donors (Lipinski definition) is 1. The van der Waals surface area contributed by atoms with Gasteiger partial charge in [0.05, 0.1) is 12.7 Å². The zero-order chi connectivity index (χ0) is 16.0. The molecule has 112 valence electrons. The average Bonchev–Trinajstić information content (AvgIpc) is 2.78. The highest BCUT2D eigenvalue weighted by molar-refractivity contribution is 14.1. The first-order chi connectivity index (χ1) is 10.4. The molecule has 0 aliphatic rings. The van der Waals surface area contributed by atoms with Crippen LogP contribution in [0.2, 0.25) is 5.02 Å². The van der Waals surface area contributed by atoms with Crippen LogP contribution in [0.4, 0.5) is 0 Å². The Balaban J connectivity index is 2.19. The van der Waals surface area contributed by atoms with Gasteiger partial charge in [-0.05, 0) is 76.4 Å². The number of ketones is 1. The number of fused-ring (bicyclic) bond motifs is 1. The molecule has 0 aliphatic carbocycles. The zero-order valence-corrected chi connectivity index (χ0v) is 16.4. The molecule has 1 aromatic heterocycles. The average molecular weight is 539 g/mol. The van der Waals surface area contributed by atoms with Gasteiger partial charge >= 0.3 is 0 Å². The van der Waals surface area contributed by atoms with E-state index in [2.05, 4.69) is 0 Å². The maximum Gasteiger partial charge on any atom is 0.197 e. The van der Waals surface area contributed by atoms with Gasteiger partial charge in [-0.2, -0.15) is 0 Å². The first kappa shape index (κ1) is 16.1. The molecule has 0 atom stereocenters. The van der Waals surface area contributed by atoms with E-state index in [1.54, 1.807) is 37.3 Å². The molecule has 6 heteroatoms. The summed E-state index contributed by atoms with van der Waals surface area (Å²) < 4.78 is 6.93. The van der Waals surface area contributed by atoms with E-state index in [0.717, 1.165) is 5.39 Å². The summed E-state index contributed by atoms with van der Waals surface area (Å²) in [5, 5.41) is 11.1. The largest absolute Gasteiger partial charge is 0.506 e. The maximum absolute atomic E-state index is 12.9. The Morgan fingerprint density at radius 2 is 1.82 bits per heavy atom. The van der Waals surface area contributed by atoms with Gasteiger partial charge in [0.1, 0.15) is 17.1 Å². The van der Waals surface area contributed by atoms with Crippen LogP contribution in [0.5, 0.6) is 5.75 Å². The highest BCUT2D eigenvalue weighted by atomic mass is 127. The second-order valence-electron chi connectivity index (χ2n) is 4.79. The summed E-state index contributed by atoms with van der Waals surface area (Å²) in [4.78, 5) is 12.9. The minimum absolute atomic E-state index is 0.130. The molecule has 0 saturated carbocycles. The fraction of sp³-hybridized carbons (Fsp3) is 0.0625. The summed E-state index contributed by atoms with van der Waals surface area (Å²) >= 11 is 9.98. The summed E-state index contributed by atoms with van der Waals surface area (Å²) in [6.45, 7) is 1.76. The smallest absolute Gasteiger partial charge is 0.197 e. The van der Waals surface area contributed by atoms with Gasteiger partial charge in [0.25, 0.3) is 0 Å². The van der Waals surface area contributed by atoms with Crippen LogP contribution < -0.4 is 0 Å². The van der Waals surface area contributed by atoms with Crippen LogP contribution >= 0.6 is 56.8 Å². The molecule has 3 aromatic rings. The third kappa shape index (κ3) is 2.74. The first-order valence-corrected chi connectivity index (χ1v) is 8.83. The number of hydrogen-bond acceptors (Lipinski definition) is 3. The Morgan fingerprint density at radius 1 is 1.18 bits per heavy atom. The molecule has 0 radical (unpaired) electrons. The van der Waals surface area contributed by atoms with Gasteiger partial charge in [-0.25, -0.2) is 0 Å². The topological polar surface area (TPSA) is 50.4 Å². The molecule has 0 spiro atoms. The molecule has 2 aromatic carbocycles. The number of aromatic hydroxyl groups is 1. The molecule has 1 N–H and O–H groups in total. The summed E-state index contributed by atoms with van der Waals surface area (Å²) in [7, 11) is 0. The molecule has 0 amide bonds. The number of carbonyl (C=O) groups is 1. The van der Waals surface area contributed by atoms with Crippen molar-refractivity contribution in [1.29, 1.82) is 0 Å². The van der Waals surface area contributed by atoms with Gasteiger partial charge < -0.3 is 9.52 Å². The number of aryl methyl sites for hydroxylation is 1. The number of benzene rings is 2. The highest BCUT2D eigenvalue weighted by Gasteiger charge is 2.21. The maximum atomic E-state index is 12.9. The van der Waals surface area contributed by atoms with E-state index in [9.17, 15) is 9.90 Å². The van der Waals surface area contributed by atoms with E-state index in [0.29, 0.717) is 34.6 Å². The van der Waals surface area contributed by atoms with Gasteiger partial charge in [0.15, 0.2) is 5.78 Å².